The Morgan fingerprint density at radius 2 is 1.78 bits per heavy atom. The summed E-state index contributed by atoms with van der Waals surface area (Å²) >= 11 is 1.22. The van der Waals surface area contributed by atoms with Crippen molar-refractivity contribution in [3.8, 4) is 28.6 Å². The van der Waals surface area contributed by atoms with E-state index in [2.05, 4.69) is 25.1 Å². The molecule has 0 spiro atoms. The number of hydrogen-bond acceptors (Lipinski definition) is 7. The molecule has 0 saturated carbocycles. The number of benzene rings is 3. The average molecular weight is 651 g/mol. The van der Waals surface area contributed by atoms with Crippen molar-refractivity contribution in [3.05, 3.63) is 83.7 Å². The van der Waals surface area contributed by atoms with E-state index in [-0.39, 0.29) is 29.4 Å². The maximum atomic E-state index is 13.1. The van der Waals surface area contributed by atoms with Crippen molar-refractivity contribution >= 4 is 34.6 Å². The van der Waals surface area contributed by atoms with Crippen molar-refractivity contribution in [2.45, 2.75) is 45.0 Å². The Balaban J connectivity index is 1.13. The number of aliphatic imine (C=N–C) groups is 1. The summed E-state index contributed by atoms with van der Waals surface area (Å²) in [6, 6.07) is 16.0. The molecule has 1 aromatic heterocycles. The highest BCUT2D eigenvalue weighted by molar-refractivity contribution is 8.15. The highest BCUT2D eigenvalue weighted by Gasteiger charge is 2.34. The van der Waals surface area contributed by atoms with Crippen LogP contribution in [-0.4, -0.2) is 57.1 Å². The van der Waals surface area contributed by atoms with E-state index in [4.69, 9.17) is 4.74 Å². The summed E-state index contributed by atoms with van der Waals surface area (Å²) < 4.78 is 48.2. The van der Waals surface area contributed by atoms with Gasteiger partial charge in [-0.25, -0.2) is 14.5 Å². The fourth-order valence-corrected chi connectivity index (χ4v) is 6.35. The molecule has 6 rings (SSSR count). The Labute approximate surface area is 266 Å². The van der Waals surface area contributed by atoms with E-state index in [1.54, 1.807) is 13.2 Å². The molecular weight excluding hydrogens is 621 g/mol. The van der Waals surface area contributed by atoms with Crippen LogP contribution in [0.15, 0.2) is 72.0 Å². The lowest BCUT2D eigenvalue weighted by Gasteiger charge is -2.22. The van der Waals surface area contributed by atoms with Crippen LogP contribution in [0.4, 0.5) is 23.7 Å². The number of carbonyl (C=O) groups excluding carboxylic acids is 2. The van der Waals surface area contributed by atoms with Gasteiger partial charge in [0.1, 0.15) is 17.8 Å². The van der Waals surface area contributed by atoms with Crippen molar-refractivity contribution in [3.63, 3.8) is 0 Å². The number of hydrogen-bond donors (Lipinski definition) is 1. The fourth-order valence-electron chi connectivity index (χ4n) is 5.49. The maximum Gasteiger partial charge on any atom is 0.573 e. The van der Waals surface area contributed by atoms with E-state index in [1.165, 1.54) is 51.9 Å². The predicted octanol–water partition coefficient (Wildman–Crippen LogP) is 6.28. The predicted molar refractivity (Wildman–Crippen MR) is 168 cm³/mol. The lowest BCUT2D eigenvalue weighted by molar-refractivity contribution is -0.274. The van der Waals surface area contributed by atoms with Crippen molar-refractivity contribution in [2.75, 3.05) is 17.8 Å². The number of alkyl halides is 3. The highest BCUT2D eigenvalue weighted by atomic mass is 32.2. The molecule has 0 radical (unpaired) electrons. The molecule has 1 aliphatic carbocycles. The van der Waals surface area contributed by atoms with Crippen LogP contribution in [0.1, 0.15) is 36.5 Å². The SMILES string of the molecule is COc1ccc(C(C)C)c(N2C(=O)CSC2=NC(=O)NC2Cc3ccc(-c4ncn(-c5ccc(OC(F)(F)F)cc5)n4)cc3C2)c1. The molecule has 4 aromatic rings. The molecule has 0 bridgehead atoms. The third kappa shape index (κ3) is 6.71. The van der Waals surface area contributed by atoms with E-state index in [9.17, 15) is 22.8 Å². The quantitative estimate of drug-likeness (QED) is 0.251. The number of halogens is 3. The number of amides is 3. The van der Waals surface area contributed by atoms with E-state index in [1.807, 2.05) is 44.2 Å². The Morgan fingerprint density at radius 3 is 2.50 bits per heavy atom. The maximum absolute atomic E-state index is 13.1. The molecule has 1 saturated heterocycles. The molecular formula is C32H29F3N6O4S. The van der Waals surface area contributed by atoms with Crippen LogP contribution in [0.25, 0.3) is 17.1 Å². The van der Waals surface area contributed by atoms with E-state index in [0.29, 0.717) is 41.0 Å². The number of rotatable bonds is 7. The molecule has 238 valence electrons. The molecule has 1 fully saturated rings. The molecule has 2 aliphatic rings. The van der Waals surface area contributed by atoms with Crippen molar-refractivity contribution in [1.82, 2.24) is 20.1 Å². The zero-order valence-corrected chi connectivity index (χ0v) is 25.9. The van der Waals surface area contributed by atoms with E-state index in [0.717, 1.165) is 22.3 Å². The van der Waals surface area contributed by atoms with Crippen LogP contribution in [0, 0.1) is 0 Å². The smallest absolute Gasteiger partial charge is 0.497 e. The average Bonchev–Trinajstić information content (AvgIpc) is 3.74. The minimum absolute atomic E-state index is 0.133. The van der Waals surface area contributed by atoms with Gasteiger partial charge in [-0.1, -0.05) is 43.8 Å². The van der Waals surface area contributed by atoms with Gasteiger partial charge in [0.15, 0.2) is 11.0 Å². The molecule has 14 heteroatoms. The summed E-state index contributed by atoms with van der Waals surface area (Å²) in [6.45, 7) is 4.07. The summed E-state index contributed by atoms with van der Waals surface area (Å²) in [5.41, 5.74) is 4.99. The van der Waals surface area contributed by atoms with Crippen LogP contribution < -0.4 is 19.7 Å². The minimum atomic E-state index is -4.77. The number of nitrogens with zero attached hydrogens (tertiary/aromatic N) is 5. The van der Waals surface area contributed by atoms with Gasteiger partial charge in [0, 0.05) is 17.7 Å². The number of amidine groups is 1. The van der Waals surface area contributed by atoms with Crippen LogP contribution >= 0.6 is 11.8 Å². The second-order valence-electron chi connectivity index (χ2n) is 11.1. The second kappa shape index (κ2) is 12.5. The molecule has 10 nitrogen and oxygen atoms in total. The van der Waals surface area contributed by atoms with Gasteiger partial charge < -0.3 is 14.8 Å². The lowest BCUT2D eigenvalue weighted by atomic mass is 10.00. The summed E-state index contributed by atoms with van der Waals surface area (Å²) in [6.07, 6.45) is -2.10. The first-order valence-electron chi connectivity index (χ1n) is 14.4. The molecule has 1 unspecified atom stereocenters. The number of carbonyl (C=O) groups is 2. The van der Waals surface area contributed by atoms with Gasteiger partial charge in [-0.2, -0.15) is 4.99 Å². The normalized spacial score (nSPS) is 17.1. The third-order valence-electron chi connectivity index (χ3n) is 7.61. The summed E-state index contributed by atoms with van der Waals surface area (Å²) in [5, 5.41) is 7.79. The highest BCUT2D eigenvalue weighted by Crippen LogP contribution is 2.36. The number of anilines is 1. The van der Waals surface area contributed by atoms with Crippen molar-refractivity contribution < 1.29 is 32.2 Å². The van der Waals surface area contributed by atoms with Crippen LogP contribution in [0.3, 0.4) is 0 Å². The van der Waals surface area contributed by atoms with Gasteiger partial charge >= 0.3 is 12.4 Å². The minimum Gasteiger partial charge on any atom is -0.497 e. The number of nitrogens with one attached hydrogen (secondary N) is 1. The zero-order valence-electron chi connectivity index (χ0n) is 25.0. The first-order valence-corrected chi connectivity index (χ1v) is 15.4. The van der Waals surface area contributed by atoms with Gasteiger partial charge in [0.25, 0.3) is 0 Å². The van der Waals surface area contributed by atoms with Crippen molar-refractivity contribution in [1.29, 1.82) is 0 Å². The standard InChI is InChI=1S/C32H29F3N6O4S/c1-18(2)26-11-10-25(44-3)15-27(26)41-28(42)16-46-31(41)38-30(43)37-22-13-19-4-5-20(12-21(19)14-22)29-36-17-40(39-29)23-6-8-24(9-7-23)45-32(33,34)35/h4-12,15,17-18,22H,13-14,16H2,1-3H3,(H,37,43). The Morgan fingerprint density at radius 1 is 1.04 bits per heavy atom. The van der Waals surface area contributed by atoms with Gasteiger partial charge in [-0.15, -0.1) is 18.3 Å². The fraction of sp³-hybridized carbons (Fsp3) is 0.281. The van der Waals surface area contributed by atoms with Crippen molar-refractivity contribution in [2.24, 2.45) is 4.99 Å². The Bertz CT molecular complexity index is 1820. The number of ether oxygens (including phenoxy) is 2. The summed E-state index contributed by atoms with van der Waals surface area (Å²) in [4.78, 5) is 36.2. The molecule has 46 heavy (non-hydrogen) atoms. The molecule has 3 amide bonds. The van der Waals surface area contributed by atoms with Crippen LogP contribution in [0.5, 0.6) is 11.5 Å². The molecule has 3 aromatic carbocycles. The topological polar surface area (TPSA) is 111 Å². The van der Waals surface area contributed by atoms with Gasteiger partial charge in [0.2, 0.25) is 5.91 Å². The summed E-state index contributed by atoms with van der Waals surface area (Å²) in [5.74, 6) is 0.878. The molecule has 2 heterocycles. The van der Waals surface area contributed by atoms with E-state index >= 15 is 0 Å². The Hall–Kier alpha value is -4.85. The van der Waals surface area contributed by atoms with E-state index < -0.39 is 12.4 Å². The molecule has 1 N–H and O–H groups in total. The van der Waals surface area contributed by atoms with Gasteiger partial charge in [0.05, 0.1) is 24.2 Å². The number of aromatic nitrogens is 3. The van der Waals surface area contributed by atoms with Gasteiger partial charge in [-0.3, -0.25) is 9.69 Å². The number of thioether (sulfide) groups is 1. The lowest BCUT2D eigenvalue weighted by Crippen LogP contribution is -2.36. The molecule has 1 atom stereocenters. The monoisotopic (exact) mass is 650 g/mol. The number of urea groups is 1. The third-order valence-corrected chi connectivity index (χ3v) is 8.54. The largest absolute Gasteiger partial charge is 0.573 e. The zero-order chi connectivity index (χ0) is 32.6. The first kappa shape index (κ1) is 31.1. The second-order valence-corrected chi connectivity index (χ2v) is 12.0. The van der Waals surface area contributed by atoms with Gasteiger partial charge in [-0.05, 0) is 71.8 Å². The molecule has 1 aliphatic heterocycles. The summed E-state index contributed by atoms with van der Waals surface area (Å²) in [7, 11) is 1.56. The van der Waals surface area contributed by atoms with Crippen LogP contribution in [0.2, 0.25) is 0 Å². The number of methoxy groups -OCH3 is 1. The number of fused-ring (bicyclic) bond motifs is 1. The Kier molecular flexibility index (Phi) is 8.47. The first-order chi connectivity index (χ1) is 22.0. The van der Waals surface area contributed by atoms with Crippen LogP contribution in [-0.2, 0) is 17.6 Å².